The van der Waals surface area contributed by atoms with Gasteiger partial charge in [-0.05, 0) is 31.5 Å². The molecule has 0 unspecified atom stereocenters. The first-order chi connectivity index (χ1) is 11.6. The van der Waals surface area contributed by atoms with E-state index in [4.69, 9.17) is 5.73 Å². The van der Waals surface area contributed by atoms with E-state index in [2.05, 4.69) is 58.7 Å². The molecular weight excluding hydrogens is 298 g/mol. The predicted octanol–water partition coefficient (Wildman–Crippen LogP) is 4.03. The van der Waals surface area contributed by atoms with Crippen LogP contribution in [0.25, 0.3) is 0 Å². The maximum Gasteiger partial charge on any atom is 0.159 e. The Bertz CT molecular complexity index is 810. The van der Waals surface area contributed by atoms with Gasteiger partial charge in [-0.2, -0.15) is 0 Å². The number of nitrogens with zero attached hydrogens (tertiary/aromatic N) is 2. The molecule has 1 aromatic heterocycles. The first kappa shape index (κ1) is 15.8. The van der Waals surface area contributed by atoms with Crippen LogP contribution >= 0.6 is 0 Å². The average molecular weight is 319 g/mol. The molecule has 0 atom stereocenters. The normalized spacial score (nSPS) is 10.4. The van der Waals surface area contributed by atoms with E-state index >= 15 is 0 Å². The number of anilines is 4. The van der Waals surface area contributed by atoms with Gasteiger partial charge in [-0.15, -0.1) is 0 Å². The molecule has 0 amide bonds. The fourth-order valence-electron chi connectivity index (χ4n) is 2.30. The summed E-state index contributed by atoms with van der Waals surface area (Å²) >= 11 is 0. The second-order valence-electron chi connectivity index (χ2n) is 5.81. The summed E-state index contributed by atoms with van der Waals surface area (Å²) < 4.78 is 0. The lowest BCUT2D eigenvalue weighted by Gasteiger charge is -2.13. The van der Waals surface area contributed by atoms with Crippen LogP contribution in [0.5, 0.6) is 0 Å². The highest BCUT2D eigenvalue weighted by Gasteiger charge is 2.08. The van der Waals surface area contributed by atoms with Crippen molar-refractivity contribution in [2.24, 2.45) is 0 Å². The van der Waals surface area contributed by atoms with Gasteiger partial charge in [-0.1, -0.05) is 47.5 Å². The van der Waals surface area contributed by atoms with E-state index in [1.54, 1.807) is 0 Å². The van der Waals surface area contributed by atoms with Crippen LogP contribution < -0.4 is 16.4 Å². The van der Waals surface area contributed by atoms with Gasteiger partial charge in [0.25, 0.3) is 0 Å². The smallest absolute Gasteiger partial charge is 0.159 e. The summed E-state index contributed by atoms with van der Waals surface area (Å²) in [6, 6.07) is 16.4. The Balaban J connectivity index is 1.72. The van der Waals surface area contributed by atoms with Crippen LogP contribution in [0, 0.1) is 13.8 Å². The van der Waals surface area contributed by atoms with Crippen LogP contribution in [0.3, 0.4) is 0 Å². The van der Waals surface area contributed by atoms with Crippen molar-refractivity contribution in [3.05, 3.63) is 71.5 Å². The van der Waals surface area contributed by atoms with E-state index in [-0.39, 0.29) is 0 Å². The van der Waals surface area contributed by atoms with Crippen molar-refractivity contribution in [3.8, 4) is 0 Å². The second-order valence-corrected chi connectivity index (χ2v) is 5.81. The van der Waals surface area contributed by atoms with Crippen molar-refractivity contribution in [3.63, 3.8) is 0 Å². The number of nitrogen functional groups attached to an aromatic ring is 1. The second kappa shape index (κ2) is 7.00. The van der Waals surface area contributed by atoms with E-state index in [0.717, 1.165) is 5.69 Å². The van der Waals surface area contributed by atoms with Gasteiger partial charge in [0.2, 0.25) is 0 Å². The molecule has 2 aromatic carbocycles. The Morgan fingerprint density at radius 3 is 2.08 bits per heavy atom. The fourth-order valence-corrected chi connectivity index (χ4v) is 2.30. The van der Waals surface area contributed by atoms with Gasteiger partial charge in [-0.3, -0.25) is 0 Å². The minimum atomic E-state index is 0.505. The molecule has 0 fully saturated rings. The Labute approximate surface area is 142 Å². The Morgan fingerprint density at radius 1 is 0.833 bits per heavy atom. The summed E-state index contributed by atoms with van der Waals surface area (Å²) in [5.41, 5.74) is 11.3. The summed E-state index contributed by atoms with van der Waals surface area (Å²) in [4.78, 5) is 8.48. The number of rotatable bonds is 5. The Hall–Kier alpha value is -3.08. The molecule has 0 saturated carbocycles. The number of nitrogens with two attached hydrogens (primary N) is 1. The molecule has 0 aliphatic carbocycles. The molecule has 3 rings (SSSR count). The lowest BCUT2D eigenvalue weighted by molar-refractivity contribution is 1.08. The summed E-state index contributed by atoms with van der Waals surface area (Å²) in [6.07, 6.45) is 1.50. The minimum absolute atomic E-state index is 0.505. The molecule has 0 spiro atoms. The number of benzene rings is 2. The largest absolute Gasteiger partial charge is 0.393 e. The van der Waals surface area contributed by atoms with Crippen LogP contribution in [0.15, 0.2) is 54.9 Å². The van der Waals surface area contributed by atoms with E-state index < -0.39 is 0 Å². The van der Waals surface area contributed by atoms with Crippen molar-refractivity contribution in [2.45, 2.75) is 20.4 Å². The molecule has 0 saturated heterocycles. The zero-order valence-electron chi connectivity index (χ0n) is 13.9. The molecule has 5 heteroatoms. The van der Waals surface area contributed by atoms with E-state index in [9.17, 15) is 0 Å². The van der Waals surface area contributed by atoms with Gasteiger partial charge in [0.1, 0.15) is 12.0 Å². The number of aryl methyl sites for hydroxylation is 2. The van der Waals surface area contributed by atoms with Gasteiger partial charge in [-0.25, -0.2) is 9.97 Å². The van der Waals surface area contributed by atoms with Gasteiger partial charge in [0.05, 0.1) is 0 Å². The molecule has 122 valence electrons. The van der Waals surface area contributed by atoms with Crippen LogP contribution in [-0.2, 0) is 6.54 Å². The number of aromatic nitrogens is 2. The van der Waals surface area contributed by atoms with Crippen molar-refractivity contribution in [1.82, 2.24) is 9.97 Å². The van der Waals surface area contributed by atoms with Crippen molar-refractivity contribution in [1.29, 1.82) is 0 Å². The predicted molar refractivity (Wildman–Crippen MR) is 99.4 cm³/mol. The molecule has 4 N–H and O–H groups in total. The monoisotopic (exact) mass is 319 g/mol. The number of nitrogens with one attached hydrogen (secondary N) is 2. The summed E-state index contributed by atoms with van der Waals surface area (Å²) in [5.74, 6) is 1.22. The van der Waals surface area contributed by atoms with Crippen molar-refractivity contribution < 1.29 is 0 Å². The fraction of sp³-hybridized carbons (Fsp3) is 0.158. The Kier molecular flexibility index (Phi) is 4.61. The lowest BCUT2D eigenvalue weighted by Crippen LogP contribution is -2.08. The highest BCUT2D eigenvalue weighted by atomic mass is 15.1. The molecule has 0 aliphatic heterocycles. The quantitative estimate of drug-likeness (QED) is 0.662. The van der Waals surface area contributed by atoms with E-state index in [1.165, 1.54) is 23.0 Å². The first-order valence-corrected chi connectivity index (χ1v) is 7.85. The maximum absolute atomic E-state index is 6.20. The zero-order chi connectivity index (χ0) is 16.9. The first-order valence-electron chi connectivity index (χ1n) is 7.85. The van der Waals surface area contributed by atoms with Gasteiger partial charge >= 0.3 is 0 Å². The molecule has 5 nitrogen and oxygen atoms in total. The van der Waals surface area contributed by atoms with Gasteiger partial charge in [0, 0.05) is 12.2 Å². The highest BCUT2D eigenvalue weighted by molar-refractivity contribution is 5.77. The number of hydrogen-bond donors (Lipinski definition) is 3. The van der Waals surface area contributed by atoms with E-state index in [1.807, 2.05) is 24.3 Å². The third kappa shape index (κ3) is 3.81. The zero-order valence-corrected chi connectivity index (χ0v) is 13.9. The lowest BCUT2D eigenvalue weighted by atomic mass is 10.1. The summed E-state index contributed by atoms with van der Waals surface area (Å²) in [6.45, 7) is 4.78. The molecule has 3 aromatic rings. The topological polar surface area (TPSA) is 75.9 Å². The average Bonchev–Trinajstić information content (AvgIpc) is 2.59. The van der Waals surface area contributed by atoms with Crippen molar-refractivity contribution >= 4 is 23.0 Å². The highest BCUT2D eigenvalue weighted by Crippen LogP contribution is 2.26. The van der Waals surface area contributed by atoms with Gasteiger partial charge < -0.3 is 16.4 Å². The Morgan fingerprint density at radius 2 is 1.42 bits per heavy atom. The maximum atomic E-state index is 6.20. The molecular formula is C19H21N5. The molecule has 24 heavy (non-hydrogen) atoms. The summed E-state index contributed by atoms with van der Waals surface area (Å²) in [5, 5.41) is 6.50. The third-order valence-corrected chi connectivity index (χ3v) is 3.78. The molecule has 0 aliphatic rings. The van der Waals surface area contributed by atoms with Crippen LogP contribution in [0.2, 0.25) is 0 Å². The SMILES string of the molecule is Cc1ccc(CNc2ncnc(Nc3ccc(C)cc3)c2N)cc1. The molecule has 1 heterocycles. The number of hydrogen-bond acceptors (Lipinski definition) is 5. The summed E-state index contributed by atoms with van der Waals surface area (Å²) in [7, 11) is 0. The minimum Gasteiger partial charge on any atom is -0.393 e. The van der Waals surface area contributed by atoms with Gasteiger partial charge in [0.15, 0.2) is 11.6 Å². The molecule has 0 radical (unpaired) electrons. The van der Waals surface area contributed by atoms with Crippen molar-refractivity contribution in [2.75, 3.05) is 16.4 Å². The third-order valence-electron chi connectivity index (χ3n) is 3.78. The van der Waals surface area contributed by atoms with Crippen LogP contribution in [0.1, 0.15) is 16.7 Å². The molecule has 0 bridgehead atoms. The standard InChI is InChI=1S/C19H21N5/c1-13-3-7-15(8-4-13)11-21-18-17(20)19(23-12-22-18)24-16-9-5-14(2)6-10-16/h3-10,12H,11,20H2,1-2H3,(H2,21,22,23,24). The van der Waals surface area contributed by atoms with E-state index in [0.29, 0.717) is 23.9 Å². The van der Waals surface area contributed by atoms with Crippen LogP contribution in [-0.4, -0.2) is 9.97 Å². The van der Waals surface area contributed by atoms with Crippen LogP contribution in [0.4, 0.5) is 23.0 Å².